The number of carbonyl (C=O) groups is 2. The van der Waals surface area contributed by atoms with Gasteiger partial charge in [0, 0.05) is 12.8 Å². The van der Waals surface area contributed by atoms with E-state index in [1.165, 1.54) is 251 Å². The monoisotopic (exact) mass is 862 g/mol. The maximum absolute atomic E-state index is 12.5. The van der Waals surface area contributed by atoms with Crippen LogP contribution in [-0.2, 0) is 19.1 Å². The third-order valence-electron chi connectivity index (χ3n) is 13.4. The molecule has 0 amide bonds. The van der Waals surface area contributed by atoms with Gasteiger partial charge in [0.2, 0.25) is 0 Å². The van der Waals surface area contributed by atoms with Crippen LogP contribution in [0.25, 0.3) is 0 Å². The molecule has 0 fully saturated rings. The number of carbonyl (C=O) groups excluding carboxylic acids is 2. The Hall–Kier alpha value is -1.10. The van der Waals surface area contributed by atoms with E-state index in [1.54, 1.807) is 0 Å². The second kappa shape index (κ2) is 49.9. The van der Waals surface area contributed by atoms with Crippen molar-refractivity contribution in [3.8, 4) is 0 Å². The van der Waals surface area contributed by atoms with Crippen LogP contribution in [0.15, 0.2) is 0 Å². The maximum atomic E-state index is 12.5. The molecule has 2 unspecified atom stereocenters. The minimum Gasteiger partial charge on any atom is -0.465 e. The minimum atomic E-state index is 0.0353. The molecule has 0 aliphatic rings. The van der Waals surface area contributed by atoms with Crippen LogP contribution in [0.5, 0.6) is 0 Å². The van der Waals surface area contributed by atoms with Crippen LogP contribution in [0.4, 0.5) is 0 Å². The number of rotatable bonds is 51. The van der Waals surface area contributed by atoms with Gasteiger partial charge in [0.05, 0.1) is 13.2 Å². The van der Waals surface area contributed by atoms with Crippen molar-refractivity contribution in [3.05, 3.63) is 0 Å². The molecule has 0 aromatic rings. The Kier molecular flexibility index (Phi) is 49.0. The highest BCUT2D eigenvalue weighted by atomic mass is 16.5. The fraction of sp³-hybridized carbons (Fsp3) is 0.964. The molecule has 0 spiro atoms. The summed E-state index contributed by atoms with van der Waals surface area (Å²) in [6.07, 6.45) is 52.4. The molecule has 2 atom stereocenters. The zero-order chi connectivity index (χ0) is 44.5. The summed E-state index contributed by atoms with van der Waals surface area (Å²) in [5.74, 6) is 1.19. The van der Waals surface area contributed by atoms with Gasteiger partial charge in [-0.1, -0.05) is 234 Å². The Labute approximate surface area is 383 Å². The summed E-state index contributed by atoms with van der Waals surface area (Å²) < 4.78 is 11.6. The summed E-state index contributed by atoms with van der Waals surface area (Å²) in [7, 11) is 0. The fourth-order valence-corrected chi connectivity index (χ4v) is 9.03. The van der Waals surface area contributed by atoms with Crippen molar-refractivity contribution in [2.45, 2.75) is 304 Å². The number of ether oxygens (including phenoxy) is 2. The third-order valence-corrected chi connectivity index (χ3v) is 13.4. The van der Waals surface area contributed by atoms with Crippen molar-refractivity contribution < 1.29 is 19.1 Å². The summed E-state index contributed by atoms with van der Waals surface area (Å²) >= 11 is 0. The first kappa shape index (κ1) is 59.9. The molecular weight excluding hydrogens is 751 g/mol. The van der Waals surface area contributed by atoms with Crippen LogP contribution in [0.1, 0.15) is 304 Å². The summed E-state index contributed by atoms with van der Waals surface area (Å²) in [6.45, 7) is 16.5. The zero-order valence-corrected chi connectivity index (χ0v) is 42.5. The maximum Gasteiger partial charge on any atom is 0.305 e. The summed E-state index contributed by atoms with van der Waals surface area (Å²) in [4.78, 5) is 27.8. The summed E-state index contributed by atoms with van der Waals surface area (Å²) in [6, 6.07) is 0. The number of unbranched alkanes of at least 4 members (excludes halogenated alkanes) is 29. The van der Waals surface area contributed by atoms with Crippen LogP contribution >= 0.6 is 0 Å². The predicted octanol–water partition coefficient (Wildman–Crippen LogP) is 18.1. The van der Waals surface area contributed by atoms with E-state index in [1.807, 2.05) is 0 Å². The highest BCUT2D eigenvalue weighted by Gasteiger charge is 2.14. The second-order valence-electron chi connectivity index (χ2n) is 19.6. The molecule has 0 bridgehead atoms. The Bertz CT molecular complexity index is 813. The van der Waals surface area contributed by atoms with E-state index in [-0.39, 0.29) is 11.9 Å². The zero-order valence-electron chi connectivity index (χ0n) is 42.5. The number of hydrogen-bond acceptors (Lipinski definition) is 5. The van der Waals surface area contributed by atoms with Gasteiger partial charge < -0.3 is 14.4 Å². The standard InChI is InChI=1S/C56H111NO4/c1-6-11-16-20-28-36-44-53(42-34-18-13-8-3)51-60-55(58)46-38-30-24-22-26-32-40-49-57(48-15-10-5)50-41-33-27-23-25-31-39-47-56(59)61-52-54(43-35-19-14-9-4)45-37-29-21-17-12-7-2/h53-54H,6-52H2,1-5H3. The Morgan fingerprint density at radius 2 is 0.557 bits per heavy atom. The Morgan fingerprint density at radius 1 is 0.311 bits per heavy atom. The SMILES string of the molecule is CCCCCCCCC(CCCCCC)COC(=O)CCCCCCCCCN(CCCC)CCCCCCCCCC(=O)OCC(CCCCCC)CCCCCCCC. The van der Waals surface area contributed by atoms with Crippen LogP contribution in [-0.4, -0.2) is 49.7 Å². The Balaban J connectivity index is 4.02. The van der Waals surface area contributed by atoms with Gasteiger partial charge in [-0.3, -0.25) is 9.59 Å². The normalized spacial score (nSPS) is 12.6. The highest BCUT2D eigenvalue weighted by molar-refractivity contribution is 5.69. The lowest BCUT2D eigenvalue weighted by Crippen LogP contribution is -2.27. The van der Waals surface area contributed by atoms with E-state index in [0.717, 1.165) is 25.7 Å². The van der Waals surface area contributed by atoms with Gasteiger partial charge >= 0.3 is 11.9 Å². The topological polar surface area (TPSA) is 55.8 Å². The largest absolute Gasteiger partial charge is 0.465 e. The van der Waals surface area contributed by atoms with Crippen molar-refractivity contribution in [1.29, 1.82) is 0 Å². The van der Waals surface area contributed by atoms with Crippen molar-refractivity contribution in [2.75, 3.05) is 32.8 Å². The number of hydrogen-bond donors (Lipinski definition) is 0. The van der Waals surface area contributed by atoms with Crippen LogP contribution in [0.3, 0.4) is 0 Å². The van der Waals surface area contributed by atoms with Gasteiger partial charge in [0.15, 0.2) is 0 Å². The van der Waals surface area contributed by atoms with Gasteiger partial charge in [-0.15, -0.1) is 0 Å². The van der Waals surface area contributed by atoms with Gasteiger partial charge in [-0.25, -0.2) is 0 Å². The lowest BCUT2D eigenvalue weighted by molar-refractivity contribution is -0.146. The van der Waals surface area contributed by atoms with Crippen LogP contribution in [0, 0.1) is 11.8 Å². The lowest BCUT2D eigenvalue weighted by atomic mass is 9.95. The molecule has 61 heavy (non-hydrogen) atoms. The van der Waals surface area contributed by atoms with Crippen molar-refractivity contribution >= 4 is 11.9 Å². The predicted molar refractivity (Wildman–Crippen MR) is 268 cm³/mol. The first-order valence-electron chi connectivity index (χ1n) is 28.0. The molecule has 0 aliphatic heterocycles. The Morgan fingerprint density at radius 3 is 0.885 bits per heavy atom. The van der Waals surface area contributed by atoms with Gasteiger partial charge in [-0.2, -0.15) is 0 Å². The van der Waals surface area contributed by atoms with E-state index < -0.39 is 0 Å². The highest BCUT2D eigenvalue weighted by Crippen LogP contribution is 2.22. The van der Waals surface area contributed by atoms with Crippen LogP contribution < -0.4 is 0 Å². The molecule has 0 aliphatic carbocycles. The molecule has 364 valence electrons. The van der Waals surface area contributed by atoms with Gasteiger partial charge in [0.25, 0.3) is 0 Å². The van der Waals surface area contributed by atoms with E-state index in [4.69, 9.17) is 9.47 Å². The molecule has 0 aromatic carbocycles. The summed E-state index contributed by atoms with van der Waals surface area (Å²) in [5, 5.41) is 0. The van der Waals surface area contributed by atoms with Gasteiger partial charge in [-0.05, 0) is 89.3 Å². The van der Waals surface area contributed by atoms with Gasteiger partial charge in [0.1, 0.15) is 0 Å². The molecule has 0 aromatic heterocycles. The minimum absolute atomic E-state index is 0.0353. The molecule has 5 nitrogen and oxygen atoms in total. The second-order valence-corrected chi connectivity index (χ2v) is 19.6. The molecule has 5 heteroatoms. The number of nitrogens with zero attached hydrogens (tertiary/aromatic N) is 1. The average Bonchev–Trinajstić information content (AvgIpc) is 3.26. The molecule has 0 N–H and O–H groups in total. The smallest absolute Gasteiger partial charge is 0.305 e. The fourth-order valence-electron chi connectivity index (χ4n) is 9.03. The van der Waals surface area contributed by atoms with E-state index in [0.29, 0.717) is 37.9 Å². The molecular formula is C56H111NO4. The van der Waals surface area contributed by atoms with E-state index in [9.17, 15) is 9.59 Å². The van der Waals surface area contributed by atoms with Crippen molar-refractivity contribution in [1.82, 2.24) is 4.90 Å². The molecule has 0 radical (unpaired) electrons. The first-order valence-corrected chi connectivity index (χ1v) is 28.0. The molecule has 0 heterocycles. The van der Waals surface area contributed by atoms with E-state index in [2.05, 4.69) is 39.5 Å². The molecule has 0 saturated heterocycles. The first-order chi connectivity index (χ1) is 30.0. The molecule has 0 rings (SSSR count). The third kappa shape index (κ3) is 45.3. The van der Waals surface area contributed by atoms with Crippen molar-refractivity contribution in [3.63, 3.8) is 0 Å². The average molecular weight is 863 g/mol. The molecule has 0 saturated carbocycles. The van der Waals surface area contributed by atoms with E-state index >= 15 is 0 Å². The lowest BCUT2D eigenvalue weighted by Gasteiger charge is -2.22. The number of esters is 2. The summed E-state index contributed by atoms with van der Waals surface area (Å²) in [5.41, 5.74) is 0. The quantitative estimate of drug-likeness (QED) is 0.0450. The van der Waals surface area contributed by atoms with Crippen molar-refractivity contribution in [2.24, 2.45) is 11.8 Å². The van der Waals surface area contributed by atoms with Crippen LogP contribution in [0.2, 0.25) is 0 Å².